The van der Waals surface area contributed by atoms with Crippen LogP contribution < -0.4 is 5.56 Å². The molecular weight excluding hydrogens is 266 g/mol. The Hall–Kier alpha value is -2.00. The summed E-state index contributed by atoms with van der Waals surface area (Å²) in [5.74, 6) is 0.953. The number of hydrogen-bond acceptors (Lipinski definition) is 2. The third kappa shape index (κ3) is 2.78. The Morgan fingerprint density at radius 3 is 2.65 bits per heavy atom. The van der Waals surface area contributed by atoms with Gasteiger partial charge in [0.2, 0.25) is 0 Å². The molecule has 0 amide bonds. The monoisotopic (exact) mass is 281 g/mol. The highest BCUT2D eigenvalue weighted by molar-refractivity contribution is 7.98. The van der Waals surface area contributed by atoms with Gasteiger partial charge in [-0.05, 0) is 42.1 Å². The van der Waals surface area contributed by atoms with Gasteiger partial charge in [0.15, 0.2) is 0 Å². The van der Waals surface area contributed by atoms with Crippen molar-refractivity contribution in [3.8, 4) is 0 Å². The van der Waals surface area contributed by atoms with E-state index in [9.17, 15) is 4.79 Å². The molecule has 1 N–H and O–H groups in total. The lowest BCUT2D eigenvalue weighted by atomic mass is 10.2. The molecule has 1 aromatic heterocycles. The van der Waals surface area contributed by atoms with E-state index in [-0.39, 0.29) is 5.56 Å². The van der Waals surface area contributed by atoms with E-state index in [0.717, 1.165) is 22.2 Å². The fourth-order valence-corrected chi connectivity index (χ4v) is 3.02. The van der Waals surface area contributed by atoms with Crippen LogP contribution in [-0.4, -0.2) is 4.98 Å². The lowest BCUT2D eigenvalue weighted by Crippen LogP contribution is -2.08. The van der Waals surface area contributed by atoms with Crippen LogP contribution in [0, 0.1) is 6.92 Å². The summed E-state index contributed by atoms with van der Waals surface area (Å²) in [6.45, 7) is 1.84. The van der Waals surface area contributed by atoms with Crippen LogP contribution in [0.4, 0.5) is 0 Å². The van der Waals surface area contributed by atoms with Crippen LogP contribution in [-0.2, 0) is 5.75 Å². The van der Waals surface area contributed by atoms with Crippen LogP contribution in [0.2, 0.25) is 0 Å². The number of thioether (sulfide) groups is 1. The smallest absolute Gasteiger partial charge is 0.251 e. The third-order valence-corrected chi connectivity index (χ3v) is 4.31. The van der Waals surface area contributed by atoms with E-state index < -0.39 is 0 Å². The lowest BCUT2D eigenvalue weighted by molar-refractivity contribution is 1.23. The van der Waals surface area contributed by atoms with Crippen LogP contribution in [0.15, 0.2) is 64.3 Å². The SMILES string of the molecule is Cc1cc2cc(SCc3ccccc3)ccc2[nH]c1=O. The standard InChI is InChI=1S/C17H15NOS/c1-12-9-14-10-15(7-8-16(14)18-17(12)19)20-11-13-5-3-2-4-6-13/h2-10H,11H2,1H3,(H,18,19). The zero-order chi connectivity index (χ0) is 13.9. The highest BCUT2D eigenvalue weighted by Gasteiger charge is 2.01. The molecule has 0 unspecified atom stereocenters. The number of rotatable bonds is 3. The van der Waals surface area contributed by atoms with Gasteiger partial charge in [-0.3, -0.25) is 4.79 Å². The molecule has 0 saturated carbocycles. The minimum absolute atomic E-state index is 0.0119. The molecule has 2 nitrogen and oxygen atoms in total. The van der Waals surface area contributed by atoms with E-state index in [4.69, 9.17) is 0 Å². The maximum Gasteiger partial charge on any atom is 0.251 e. The van der Waals surface area contributed by atoms with Crippen molar-refractivity contribution in [1.82, 2.24) is 4.98 Å². The summed E-state index contributed by atoms with van der Waals surface area (Å²) in [4.78, 5) is 15.7. The number of aromatic nitrogens is 1. The highest BCUT2D eigenvalue weighted by atomic mass is 32.2. The molecule has 0 fully saturated rings. The quantitative estimate of drug-likeness (QED) is 0.732. The summed E-state index contributed by atoms with van der Waals surface area (Å²) < 4.78 is 0. The van der Waals surface area contributed by atoms with E-state index in [2.05, 4.69) is 41.4 Å². The summed E-state index contributed by atoms with van der Waals surface area (Å²) in [5.41, 5.74) is 2.95. The fraction of sp³-hybridized carbons (Fsp3) is 0.118. The first kappa shape index (κ1) is 13.0. The van der Waals surface area contributed by atoms with Gasteiger partial charge in [-0.1, -0.05) is 30.3 Å². The Bertz CT molecular complexity index is 793. The van der Waals surface area contributed by atoms with Gasteiger partial charge in [-0.2, -0.15) is 0 Å². The Balaban J connectivity index is 1.86. The maximum atomic E-state index is 11.6. The summed E-state index contributed by atoms with van der Waals surface area (Å²) in [6, 6.07) is 18.5. The second kappa shape index (κ2) is 5.55. The van der Waals surface area contributed by atoms with E-state index in [1.807, 2.05) is 25.1 Å². The van der Waals surface area contributed by atoms with Crippen molar-refractivity contribution in [1.29, 1.82) is 0 Å². The number of fused-ring (bicyclic) bond motifs is 1. The van der Waals surface area contributed by atoms with Crippen LogP contribution in [0.25, 0.3) is 10.9 Å². The van der Waals surface area contributed by atoms with Gasteiger partial charge < -0.3 is 4.98 Å². The molecule has 100 valence electrons. The number of aryl methyl sites for hydroxylation is 1. The largest absolute Gasteiger partial charge is 0.322 e. The van der Waals surface area contributed by atoms with Gasteiger partial charge in [0, 0.05) is 21.7 Å². The van der Waals surface area contributed by atoms with Crippen molar-refractivity contribution in [2.24, 2.45) is 0 Å². The maximum absolute atomic E-state index is 11.6. The number of hydrogen-bond donors (Lipinski definition) is 1. The number of nitrogens with one attached hydrogen (secondary N) is 1. The second-order valence-electron chi connectivity index (χ2n) is 4.80. The molecule has 0 aliphatic heterocycles. The molecule has 3 heteroatoms. The van der Waals surface area contributed by atoms with Gasteiger partial charge in [-0.15, -0.1) is 11.8 Å². The first-order valence-corrected chi connectivity index (χ1v) is 7.51. The molecule has 0 aliphatic rings. The average molecular weight is 281 g/mol. The Morgan fingerprint density at radius 1 is 1.05 bits per heavy atom. The van der Waals surface area contributed by atoms with E-state index in [1.165, 1.54) is 10.5 Å². The zero-order valence-electron chi connectivity index (χ0n) is 11.2. The lowest BCUT2D eigenvalue weighted by Gasteiger charge is -2.05. The predicted molar refractivity (Wildman–Crippen MR) is 85.3 cm³/mol. The molecule has 0 radical (unpaired) electrons. The first-order chi connectivity index (χ1) is 9.72. The highest BCUT2D eigenvalue weighted by Crippen LogP contribution is 2.25. The summed E-state index contributed by atoms with van der Waals surface area (Å²) in [6.07, 6.45) is 0. The zero-order valence-corrected chi connectivity index (χ0v) is 12.0. The number of benzene rings is 2. The van der Waals surface area contributed by atoms with Crippen molar-refractivity contribution < 1.29 is 0 Å². The fourth-order valence-electron chi connectivity index (χ4n) is 2.12. The minimum atomic E-state index is -0.0119. The van der Waals surface area contributed by atoms with Gasteiger partial charge in [-0.25, -0.2) is 0 Å². The molecular formula is C17H15NOS. The molecule has 20 heavy (non-hydrogen) atoms. The Morgan fingerprint density at radius 2 is 1.85 bits per heavy atom. The average Bonchev–Trinajstić information content (AvgIpc) is 2.47. The van der Waals surface area contributed by atoms with Gasteiger partial charge in [0.25, 0.3) is 5.56 Å². The molecule has 1 heterocycles. The molecule has 3 aromatic rings. The van der Waals surface area contributed by atoms with Crippen LogP contribution in [0.1, 0.15) is 11.1 Å². The van der Waals surface area contributed by atoms with Crippen molar-refractivity contribution in [3.05, 3.63) is 76.1 Å². The van der Waals surface area contributed by atoms with Crippen molar-refractivity contribution in [2.75, 3.05) is 0 Å². The Labute approximate surface area is 121 Å². The van der Waals surface area contributed by atoms with Crippen molar-refractivity contribution in [3.63, 3.8) is 0 Å². The predicted octanol–water partition coefficient (Wildman–Crippen LogP) is 4.13. The molecule has 2 aromatic carbocycles. The van der Waals surface area contributed by atoms with E-state index >= 15 is 0 Å². The van der Waals surface area contributed by atoms with Gasteiger partial charge >= 0.3 is 0 Å². The number of pyridine rings is 1. The van der Waals surface area contributed by atoms with Crippen molar-refractivity contribution >= 4 is 22.7 Å². The molecule has 0 saturated heterocycles. The van der Waals surface area contributed by atoms with E-state index in [0.29, 0.717) is 0 Å². The third-order valence-electron chi connectivity index (χ3n) is 3.25. The second-order valence-corrected chi connectivity index (χ2v) is 5.85. The number of H-pyrrole nitrogens is 1. The first-order valence-electron chi connectivity index (χ1n) is 6.53. The minimum Gasteiger partial charge on any atom is -0.322 e. The summed E-state index contributed by atoms with van der Waals surface area (Å²) in [5, 5.41) is 1.08. The van der Waals surface area contributed by atoms with Crippen LogP contribution >= 0.6 is 11.8 Å². The Kier molecular flexibility index (Phi) is 3.61. The van der Waals surface area contributed by atoms with E-state index in [1.54, 1.807) is 11.8 Å². The topological polar surface area (TPSA) is 32.9 Å². The molecule has 0 aliphatic carbocycles. The number of aromatic amines is 1. The van der Waals surface area contributed by atoms with Crippen molar-refractivity contribution in [2.45, 2.75) is 17.6 Å². The molecule has 0 spiro atoms. The summed E-state index contributed by atoms with van der Waals surface area (Å²) in [7, 11) is 0. The van der Waals surface area contributed by atoms with Crippen LogP contribution in [0.5, 0.6) is 0 Å². The molecule has 0 atom stereocenters. The van der Waals surface area contributed by atoms with Gasteiger partial charge in [0.05, 0.1) is 0 Å². The van der Waals surface area contributed by atoms with Gasteiger partial charge in [0.1, 0.15) is 0 Å². The van der Waals surface area contributed by atoms with Crippen LogP contribution in [0.3, 0.4) is 0 Å². The normalized spacial score (nSPS) is 10.8. The molecule has 3 rings (SSSR count). The summed E-state index contributed by atoms with van der Waals surface area (Å²) >= 11 is 1.81. The molecule has 0 bridgehead atoms.